The first kappa shape index (κ1) is 11.9. The number of hydrogen-bond donors (Lipinski definition) is 1. The van der Waals surface area contributed by atoms with Crippen molar-refractivity contribution >= 4 is 11.5 Å². The first-order chi connectivity index (χ1) is 5.91. The van der Waals surface area contributed by atoms with E-state index >= 15 is 0 Å². The van der Waals surface area contributed by atoms with E-state index in [4.69, 9.17) is 5.21 Å². The zero-order valence-electron chi connectivity index (χ0n) is 8.88. The number of ketones is 1. The quantitative estimate of drug-likeness (QED) is 0.316. The molecule has 0 aliphatic rings. The summed E-state index contributed by atoms with van der Waals surface area (Å²) >= 11 is 0. The molecule has 1 unspecified atom stereocenters. The molecule has 0 aliphatic heterocycles. The van der Waals surface area contributed by atoms with Crippen LogP contribution in [0.5, 0.6) is 0 Å². The van der Waals surface area contributed by atoms with Crippen molar-refractivity contribution < 1.29 is 10.0 Å². The van der Waals surface area contributed by atoms with Gasteiger partial charge in [-0.15, -0.1) is 0 Å². The zero-order valence-corrected chi connectivity index (χ0v) is 8.88. The fourth-order valence-corrected chi connectivity index (χ4v) is 1.10. The lowest BCUT2D eigenvalue weighted by atomic mass is 9.92. The van der Waals surface area contributed by atoms with E-state index in [1.807, 2.05) is 27.7 Å². The third-order valence-corrected chi connectivity index (χ3v) is 2.32. The molecular weight excluding hydrogens is 166 g/mol. The SMILES string of the molecule is CC(=O)/C(=N/O)C(C)C(C)=C(C)C. The second-order valence-corrected chi connectivity index (χ2v) is 3.45. The molecule has 0 saturated heterocycles. The fraction of sp³-hybridized carbons (Fsp3) is 0.600. The van der Waals surface area contributed by atoms with Crippen molar-refractivity contribution in [1.82, 2.24) is 0 Å². The molecule has 3 heteroatoms. The summed E-state index contributed by atoms with van der Waals surface area (Å²) in [5, 5.41) is 11.7. The van der Waals surface area contributed by atoms with E-state index in [0.29, 0.717) is 0 Å². The Morgan fingerprint density at radius 1 is 1.23 bits per heavy atom. The molecule has 0 aromatic rings. The number of Topliss-reactive ketones (excluding diaryl/α,β-unsaturated/α-hetero) is 1. The minimum absolute atomic E-state index is 0.104. The van der Waals surface area contributed by atoms with Crippen LogP contribution in [0.3, 0.4) is 0 Å². The monoisotopic (exact) mass is 183 g/mol. The van der Waals surface area contributed by atoms with Gasteiger partial charge in [-0.1, -0.05) is 23.2 Å². The van der Waals surface area contributed by atoms with Crippen molar-refractivity contribution in [3.63, 3.8) is 0 Å². The van der Waals surface area contributed by atoms with Crippen molar-refractivity contribution in [2.45, 2.75) is 34.6 Å². The largest absolute Gasteiger partial charge is 0.411 e. The van der Waals surface area contributed by atoms with Gasteiger partial charge in [-0.3, -0.25) is 4.79 Å². The minimum atomic E-state index is -0.185. The standard InChI is InChI=1S/C10H17NO2/c1-6(2)7(3)8(4)10(11-13)9(5)12/h8,13H,1-5H3/b11-10+. The molecule has 0 rings (SSSR count). The van der Waals surface area contributed by atoms with Crippen molar-refractivity contribution in [2.75, 3.05) is 0 Å². The van der Waals surface area contributed by atoms with Crippen LogP contribution in [0, 0.1) is 5.92 Å². The van der Waals surface area contributed by atoms with Gasteiger partial charge in [0.25, 0.3) is 0 Å². The van der Waals surface area contributed by atoms with Gasteiger partial charge in [-0.25, -0.2) is 0 Å². The van der Waals surface area contributed by atoms with Gasteiger partial charge in [0.1, 0.15) is 5.71 Å². The average molecular weight is 183 g/mol. The lowest BCUT2D eigenvalue weighted by Gasteiger charge is -2.13. The second kappa shape index (κ2) is 4.80. The van der Waals surface area contributed by atoms with Gasteiger partial charge in [0, 0.05) is 12.8 Å². The molecular formula is C10H17NO2. The number of oxime groups is 1. The lowest BCUT2D eigenvalue weighted by Crippen LogP contribution is -2.20. The van der Waals surface area contributed by atoms with Crippen LogP contribution in [0.4, 0.5) is 0 Å². The molecule has 0 radical (unpaired) electrons. The van der Waals surface area contributed by atoms with Crippen LogP contribution in [0.25, 0.3) is 0 Å². The maximum atomic E-state index is 11.0. The predicted octanol–water partition coefficient (Wildman–Crippen LogP) is 2.40. The highest BCUT2D eigenvalue weighted by Crippen LogP contribution is 2.16. The molecule has 0 spiro atoms. The number of hydrogen-bond acceptors (Lipinski definition) is 3. The summed E-state index contributed by atoms with van der Waals surface area (Å²) in [4.78, 5) is 11.0. The average Bonchev–Trinajstić information content (AvgIpc) is 2.03. The summed E-state index contributed by atoms with van der Waals surface area (Å²) in [5.41, 5.74) is 2.44. The number of allylic oxidation sites excluding steroid dienone is 2. The first-order valence-electron chi connectivity index (χ1n) is 4.28. The number of nitrogens with zero attached hydrogens (tertiary/aromatic N) is 1. The molecule has 0 saturated carbocycles. The maximum Gasteiger partial charge on any atom is 0.177 e. The number of carbonyl (C=O) groups excluding carboxylic acids is 1. The Morgan fingerprint density at radius 3 is 1.92 bits per heavy atom. The van der Waals surface area contributed by atoms with Gasteiger partial charge < -0.3 is 5.21 Å². The van der Waals surface area contributed by atoms with Crippen LogP contribution in [0.2, 0.25) is 0 Å². The van der Waals surface area contributed by atoms with Gasteiger partial charge in [-0.2, -0.15) is 0 Å². The Morgan fingerprint density at radius 2 is 1.69 bits per heavy atom. The molecule has 3 nitrogen and oxygen atoms in total. The van der Waals surface area contributed by atoms with Crippen LogP contribution < -0.4 is 0 Å². The minimum Gasteiger partial charge on any atom is -0.411 e. The Kier molecular flexibility index (Phi) is 4.38. The van der Waals surface area contributed by atoms with Crippen molar-refractivity contribution in [3.05, 3.63) is 11.1 Å². The summed E-state index contributed by atoms with van der Waals surface area (Å²) in [6.45, 7) is 9.15. The van der Waals surface area contributed by atoms with Crippen LogP contribution in [-0.2, 0) is 4.79 Å². The summed E-state index contributed by atoms with van der Waals surface area (Å²) in [5.74, 6) is -0.289. The molecule has 13 heavy (non-hydrogen) atoms. The fourth-order valence-electron chi connectivity index (χ4n) is 1.10. The van der Waals surface area contributed by atoms with E-state index in [1.165, 1.54) is 6.92 Å². The Labute approximate surface area is 79.1 Å². The predicted molar refractivity (Wildman–Crippen MR) is 53.1 cm³/mol. The molecule has 0 aromatic carbocycles. The summed E-state index contributed by atoms with van der Waals surface area (Å²) in [6, 6.07) is 0. The normalized spacial score (nSPS) is 13.8. The van der Waals surface area contributed by atoms with Crippen molar-refractivity contribution in [3.8, 4) is 0 Å². The second-order valence-electron chi connectivity index (χ2n) is 3.45. The van der Waals surface area contributed by atoms with Crippen LogP contribution in [0.15, 0.2) is 16.3 Å². The number of rotatable bonds is 3. The third-order valence-electron chi connectivity index (χ3n) is 2.32. The number of carbonyl (C=O) groups is 1. The van der Waals surface area contributed by atoms with Crippen LogP contribution >= 0.6 is 0 Å². The molecule has 74 valence electrons. The molecule has 0 aromatic heterocycles. The Bertz CT molecular complexity index is 260. The van der Waals surface area contributed by atoms with Crippen LogP contribution in [-0.4, -0.2) is 16.7 Å². The summed E-state index contributed by atoms with van der Waals surface area (Å²) in [7, 11) is 0. The third kappa shape index (κ3) is 3.01. The molecule has 0 fully saturated rings. The molecule has 0 bridgehead atoms. The van der Waals surface area contributed by atoms with E-state index in [1.54, 1.807) is 0 Å². The topological polar surface area (TPSA) is 49.7 Å². The summed E-state index contributed by atoms with van der Waals surface area (Å²) < 4.78 is 0. The lowest BCUT2D eigenvalue weighted by molar-refractivity contribution is -0.111. The molecule has 1 N–H and O–H groups in total. The van der Waals surface area contributed by atoms with Gasteiger partial charge in [0.15, 0.2) is 5.78 Å². The Balaban J connectivity index is 4.89. The molecule has 1 atom stereocenters. The van der Waals surface area contributed by atoms with Gasteiger partial charge in [0.05, 0.1) is 0 Å². The Hall–Kier alpha value is -1.12. The molecule has 0 amide bonds. The van der Waals surface area contributed by atoms with Crippen molar-refractivity contribution in [1.29, 1.82) is 0 Å². The van der Waals surface area contributed by atoms with Gasteiger partial charge >= 0.3 is 0 Å². The smallest absolute Gasteiger partial charge is 0.177 e. The molecule has 0 aliphatic carbocycles. The van der Waals surface area contributed by atoms with E-state index in [0.717, 1.165) is 11.1 Å². The van der Waals surface area contributed by atoms with E-state index in [-0.39, 0.29) is 17.4 Å². The molecule has 0 heterocycles. The highest BCUT2D eigenvalue weighted by atomic mass is 16.4. The van der Waals surface area contributed by atoms with Gasteiger partial charge in [0.2, 0.25) is 0 Å². The maximum absolute atomic E-state index is 11.0. The zero-order chi connectivity index (χ0) is 10.6. The van der Waals surface area contributed by atoms with E-state index in [2.05, 4.69) is 5.16 Å². The highest BCUT2D eigenvalue weighted by molar-refractivity contribution is 6.40. The summed E-state index contributed by atoms with van der Waals surface area (Å²) in [6.07, 6.45) is 0. The van der Waals surface area contributed by atoms with E-state index in [9.17, 15) is 4.79 Å². The van der Waals surface area contributed by atoms with E-state index < -0.39 is 0 Å². The van der Waals surface area contributed by atoms with Gasteiger partial charge in [-0.05, 0) is 20.8 Å². The highest BCUT2D eigenvalue weighted by Gasteiger charge is 2.17. The van der Waals surface area contributed by atoms with Crippen LogP contribution in [0.1, 0.15) is 34.6 Å². The first-order valence-corrected chi connectivity index (χ1v) is 4.28. The van der Waals surface area contributed by atoms with Crippen molar-refractivity contribution in [2.24, 2.45) is 11.1 Å².